The predicted molar refractivity (Wildman–Crippen MR) is 148 cm³/mol. The lowest BCUT2D eigenvalue weighted by molar-refractivity contribution is -0.118. The van der Waals surface area contributed by atoms with Crippen molar-refractivity contribution in [3.63, 3.8) is 0 Å². The molecule has 0 spiro atoms. The van der Waals surface area contributed by atoms with Gasteiger partial charge in [-0.1, -0.05) is 45.7 Å². The Bertz CT molecular complexity index is 1270. The summed E-state index contributed by atoms with van der Waals surface area (Å²) in [5, 5.41) is 13.0. The molecule has 0 unspecified atom stereocenters. The van der Waals surface area contributed by atoms with Gasteiger partial charge in [-0.2, -0.15) is 5.26 Å². The van der Waals surface area contributed by atoms with E-state index < -0.39 is 0 Å². The van der Waals surface area contributed by atoms with Gasteiger partial charge in [0.25, 0.3) is 5.91 Å². The zero-order valence-electron chi connectivity index (χ0n) is 18.5. The van der Waals surface area contributed by atoms with E-state index in [4.69, 9.17) is 21.1 Å². The Morgan fingerprint density at radius 3 is 2.56 bits per heavy atom. The first-order valence-corrected chi connectivity index (χ1v) is 12.6. The molecule has 34 heavy (non-hydrogen) atoms. The molecule has 1 amide bonds. The van der Waals surface area contributed by atoms with E-state index in [2.05, 4.69) is 49.9 Å². The second kappa shape index (κ2) is 12.2. The molecule has 0 aliphatic rings. The minimum Gasteiger partial charge on any atom is -0.490 e. The SMILES string of the molecule is CCOc1cc(/C=C(\C#N)c2ccc(Br)cc2)cc(I)c1OCC(=O)Nc1ccc(C)c(Cl)c1. The number of hydrogen-bond acceptors (Lipinski definition) is 4. The number of hydrogen-bond donors (Lipinski definition) is 1. The molecule has 0 saturated heterocycles. The zero-order valence-corrected chi connectivity index (χ0v) is 23.0. The molecule has 0 radical (unpaired) electrons. The van der Waals surface area contributed by atoms with Crippen LogP contribution in [-0.2, 0) is 4.79 Å². The minimum atomic E-state index is -0.316. The van der Waals surface area contributed by atoms with Crippen LogP contribution in [-0.4, -0.2) is 19.1 Å². The van der Waals surface area contributed by atoms with Crippen LogP contribution >= 0.6 is 50.1 Å². The van der Waals surface area contributed by atoms with Gasteiger partial charge < -0.3 is 14.8 Å². The smallest absolute Gasteiger partial charge is 0.262 e. The molecule has 1 N–H and O–H groups in total. The minimum absolute atomic E-state index is 0.195. The van der Waals surface area contributed by atoms with E-state index in [9.17, 15) is 10.1 Å². The van der Waals surface area contributed by atoms with Crippen molar-refractivity contribution in [1.82, 2.24) is 0 Å². The fraction of sp³-hybridized carbons (Fsp3) is 0.154. The number of nitrogens with one attached hydrogen (secondary N) is 1. The van der Waals surface area contributed by atoms with Crippen LogP contribution in [0.1, 0.15) is 23.6 Å². The summed E-state index contributed by atoms with van der Waals surface area (Å²) >= 11 is 11.7. The predicted octanol–water partition coefficient (Wildman–Crippen LogP) is 7.50. The van der Waals surface area contributed by atoms with Crippen molar-refractivity contribution in [1.29, 1.82) is 5.26 Å². The lowest BCUT2D eigenvalue weighted by Crippen LogP contribution is -2.20. The first-order chi connectivity index (χ1) is 16.3. The van der Waals surface area contributed by atoms with Gasteiger partial charge in [0.2, 0.25) is 0 Å². The third kappa shape index (κ3) is 6.98. The van der Waals surface area contributed by atoms with Gasteiger partial charge in [0.05, 0.1) is 21.8 Å². The maximum atomic E-state index is 12.4. The van der Waals surface area contributed by atoms with Crippen molar-refractivity contribution in [3.8, 4) is 17.6 Å². The van der Waals surface area contributed by atoms with Crippen LogP contribution in [0.2, 0.25) is 5.02 Å². The molecule has 0 aromatic heterocycles. The van der Waals surface area contributed by atoms with Crippen LogP contribution < -0.4 is 14.8 Å². The molecule has 174 valence electrons. The number of ether oxygens (including phenoxy) is 2. The summed E-state index contributed by atoms with van der Waals surface area (Å²) in [5.41, 5.74) is 3.66. The highest BCUT2D eigenvalue weighted by Gasteiger charge is 2.15. The van der Waals surface area contributed by atoms with Gasteiger partial charge in [-0.05, 0) is 95.6 Å². The lowest BCUT2D eigenvalue weighted by atomic mass is 10.0. The molecule has 3 rings (SSSR count). The highest BCUT2D eigenvalue weighted by molar-refractivity contribution is 14.1. The maximum Gasteiger partial charge on any atom is 0.262 e. The number of halogens is 3. The van der Waals surface area contributed by atoms with Crippen LogP contribution in [0.4, 0.5) is 5.69 Å². The van der Waals surface area contributed by atoms with Gasteiger partial charge in [-0.25, -0.2) is 0 Å². The molecule has 0 saturated carbocycles. The van der Waals surface area contributed by atoms with E-state index in [-0.39, 0.29) is 12.5 Å². The normalized spacial score (nSPS) is 11.0. The number of rotatable bonds is 8. The third-order valence-electron chi connectivity index (χ3n) is 4.72. The van der Waals surface area contributed by atoms with Crippen molar-refractivity contribution >= 4 is 73.4 Å². The molecule has 3 aromatic carbocycles. The summed E-state index contributed by atoms with van der Waals surface area (Å²) in [7, 11) is 0. The van der Waals surface area contributed by atoms with E-state index in [0.717, 1.165) is 24.7 Å². The van der Waals surface area contributed by atoms with Crippen molar-refractivity contribution < 1.29 is 14.3 Å². The van der Waals surface area contributed by atoms with Crippen LogP contribution in [0.15, 0.2) is 59.1 Å². The van der Waals surface area contributed by atoms with Crippen molar-refractivity contribution in [3.05, 3.63) is 84.4 Å². The number of nitriles is 1. The summed E-state index contributed by atoms with van der Waals surface area (Å²) in [6.45, 7) is 3.99. The Hall–Kier alpha value is -2.54. The molecule has 0 heterocycles. The molecule has 0 aliphatic carbocycles. The molecule has 0 atom stereocenters. The van der Waals surface area contributed by atoms with E-state index >= 15 is 0 Å². The van der Waals surface area contributed by atoms with Crippen LogP contribution in [0.5, 0.6) is 11.5 Å². The summed E-state index contributed by atoms with van der Waals surface area (Å²) in [6.07, 6.45) is 1.80. The number of anilines is 1. The topological polar surface area (TPSA) is 71.3 Å². The average molecular weight is 652 g/mol. The summed E-state index contributed by atoms with van der Waals surface area (Å²) in [5.74, 6) is 0.655. The fourth-order valence-corrected chi connectivity index (χ4v) is 4.28. The Balaban J connectivity index is 1.80. The highest BCUT2D eigenvalue weighted by atomic mass is 127. The molecule has 0 fully saturated rings. The molecule has 8 heteroatoms. The van der Waals surface area contributed by atoms with Gasteiger partial charge in [-0.3, -0.25) is 4.79 Å². The summed E-state index contributed by atoms with van der Waals surface area (Å²) in [6, 6.07) is 18.8. The second-order valence-electron chi connectivity index (χ2n) is 7.24. The average Bonchev–Trinajstić information content (AvgIpc) is 2.80. The molecule has 0 aliphatic heterocycles. The number of aryl methyl sites for hydroxylation is 1. The first kappa shape index (κ1) is 26.1. The van der Waals surface area contributed by atoms with E-state index in [0.29, 0.717) is 34.4 Å². The van der Waals surface area contributed by atoms with Crippen molar-refractivity contribution in [2.24, 2.45) is 0 Å². The molecule has 0 bridgehead atoms. The number of allylic oxidation sites excluding steroid dienone is 1. The standard InChI is InChI=1S/C26H21BrClIN2O3/c1-3-33-24-12-17(10-19(14-30)18-5-7-20(27)8-6-18)11-23(29)26(24)34-15-25(32)31-21-9-4-16(2)22(28)13-21/h4-13H,3,15H2,1-2H3,(H,31,32)/b19-10+. The van der Waals surface area contributed by atoms with Crippen molar-refractivity contribution in [2.75, 3.05) is 18.5 Å². The van der Waals surface area contributed by atoms with E-state index in [1.54, 1.807) is 24.3 Å². The quantitative estimate of drug-likeness (QED) is 0.156. The van der Waals surface area contributed by atoms with Crippen LogP contribution in [0.3, 0.4) is 0 Å². The zero-order chi connectivity index (χ0) is 24.7. The lowest BCUT2D eigenvalue weighted by Gasteiger charge is -2.15. The van der Waals surface area contributed by atoms with E-state index in [1.165, 1.54) is 0 Å². The van der Waals surface area contributed by atoms with Crippen LogP contribution in [0, 0.1) is 21.8 Å². The first-order valence-electron chi connectivity index (χ1n) is 10.3. The Kier molecular flexibility index (Phi) is 9.39. The van der Waals surface area contributed by atoms with Gasteiger partial charge in [0, 0.05) is 15.2 Å². The number of amides is 1. The van der Waals surface area contributed by atoms with Gasteiger partial charge in [0.1, 0.15) is 0 Å². The summed E-state index contributed by atoms with van der Waals surface area (Å²) < 4.78 is 13.3. The van der Waals surface area contributed by atoms with Crippen molar-refractivity contribution in [2.45, 2.75) is 13.8 Å². The van der Waals surface area contributed by atoms with Crippen LogP contribution in [0.25, 0.3) is 11.6 Å². The third-order valence-corrected chi connectivity index (χ3v) is 6.46. The molecule has 5 nitrogen and oxygen atoms in total. The summed E-state index contributed by atoms with van der Waals surface area (Å²) in [4.78, 5) is 12.4. The molecule has 3 aromatic rings. The molecular weight excluding hydrogens is 631 g/mol. The maximum absolute atomic E-state index is 12.4. The Morgan fingerprint density at radius 1 is 1.18 bits per heavy atom. The number of carbonyl (C=O) groups excluding carboxylic acids is 1. The number of benzene rings is 3. The Labute approximate surface area is 226 Å². The second-order valence-corrected chi connectivity index (χ2v) is 9.73. The largest absolute Gasteiger partial charge is 0.490 e. The van der Waals surface area contributed by atoms with Gasteiger partial charge in [0.15, 0.2) is 18.1 Å². The monoisotopic (exact) mass is 650 g/mol. The fourth-order valence-electron chi connectivity index (χ4n) is 3.06. The number of nitrogens with zero attached hydrogens (tertiary/aromatic N) is 1. The Morgan fingerprint density at radius 2 is 1.91 bits per heavy atom. The van der Waals surface area contributed by atoms with Gasteiger partial charge >= 0.3 is 0 Å². The molecular formula is C26H21BrClIN2O3. The van der Waals surface area contributed by atoms with Gasteiger partial charge in [-0.15, -0.1) is 0 Å². The van der Waals surface area contributed by atoms with E-state index in [1.807, 2.05) is 50.2 Å². The highest BCUT2D eigenvalue weighted by Crippen LogP contribution is 2.35. The number of carbonyl (C=O) groups is 1.